The van der Waals surface area contributed by atoms with Crippen LogP contribution in [-0.4, -0.2) is 33.6 Å². The minimum absolute atomic E-state index is 0.156. The predicted octanol–water partition coefficient (Wildman–Crippen LogP) is 1.95. The second kappa shape index (κ2) is 5.25. The van der Waals surface area contributed by atoms with Crippen LogP contribution in [0.3, 0.4) is 0 Å². The summed E-state index contributed by atoms with van der Waals surface area (Å²) in [4.78, 5) is 7.22. The van der Waals surface area contributed by atoms with Crippen LogP contribution in [0.4, 0.5) is 0 Å². The maximum Gasteiger partial charge on any atom is 0.110 e. The smallest absolute Gasteiger partial charge is 0.110 e. The van der Waals surface area contributed by atoms with Gasteiger partial charge < -0.3 is 15.2 Å². The summed E-state index contributed by atoms with van der Waals surface area (Å²) in [7, 11) is 0. The van der Waals surface area contributed by atoms with Gasteiger partial charge in [-0.2, -0.15) is 0 Å². The second-order valence-corrected chi connectivity index (χ2v) is 6.44. The first kappa shape index (κ1) is 13.1. The lowest BCUT2D eigenvalue weighted by Gasteiger charge is -2.25. The molecule has 0 saturated carbocycles. The Morgan fingerprint density at radius 2 is 2.26 bits per heavy atom. The van der Waals surface area contributed by atoms with Crippen LogP contribution in [0, 0.1) is 5.92 Å². The highest BCUT2D eigenvalue weighted by Gasteiger charge is 2.27. The van der Waals surface area contributed by atoms with E-state index in [9.17, 15) is 0 Å². The highest BCUT2D eigenvalue weighted by molar-refractivity contribution is 5.10. The predicted molar refractivity (Wildman–Crippen MR) is 76.9 cm³/mol. The number of aryl methyl sites for hydroxylation is 1. The van der Waals surface area contributed by atoms with Crippen molar-refractivity contribution < 1.29 is 0 Å². The van der Waals surface area contributed by atoms with E-state index in [2.05, 4.69) is 28.3 Å². The third-order valence-electron chi connectivity index (χ3n) is 4.73. The molecule has 3 rings (SSSR count). The number of fused-ring (bicyclic) bond motifs is 1. The van der Waals surface area contributed by atoms with Crippen molar-refractivity contribution in [2.75, 3.05) is 13.1 Å². The molecule has 0 aromatic carbocycles. The minimum atomic E-state index is 0.156. The molecule has 1 saturated heterocycles. The SMILES string of the molecule is CC(C)N1CCC(Cc2ncc3n2C(N)CCC3)C1. The van der Waals surface area contributed by atoms with E-state index in [0.717, 1.165) is 25.2 Å². The lowest BCUT2D eigenvalue weighted by Crippen LogP contribution is -2.29. The van der Waals surface area contributed by atoms with Gasteiger partial charge in [0.05, 0.1) is 6.17 Å². The maximum atomic E-state index is 6.25. The molecule has 1 aromatic rings. The van der Waals surface area contributed by atoms with Gasteiger partial charge in [-0.3, -0.25) is 0 Å². The number of imidazole rings is 1. The summed E-state index contributed by atoms with van der Waals surface area (Å²) in [6.07, 6.45) is 8.04. The van der Waals surface area contributed by atoms with Crippen molar-refractivity contribution in [1.29, 1.82) is 0 Å². The average molecular weight is 262 g/mol. The molecule has 2 unspecified atom stereocenters. The summed E-state index contributed by atoms with van der Waals surface area (Å²) < 4.78 is 2.31. The fourth-order valence-corrected chi connectivity index (χ4v) is 3.56. The van der Waals surface area contributed by atoms with Crippen LogP contribution >= 0.6 is 0 Å². The van der Waals surface area contributed by atoms with Crippen LogP contribution in [0.25, 0.3) is 0 Å². The largest absolute Gasteiger partial charge is 0.316 e. The number of hydrogen-bond donors (Lipinski definition) is 1. The Hall–Kier alpha value is -0.870. The van der Waals surface area contributed by atoms with E-state index in [4.69, 9.17) is 5.73 Å². The number of aromatic nitrogens is 2. The molecule has 3 heterocycles. The van der Waals surface area contributed by atoms with Gasteiger partial charge in [0, 0.05) is 30.9 Å². The molecule has 1 fully saturated rings. The van der Waals surface area contributed by atoms with Crippen LogP contribution in [-0.2, 0) is 12.8 Å². The van der Waals surface area contributed by atoms with Crippen molar-refractivity contribution in [3.8, 4) is 0 Å². The highest BCUT2D eigenvalue weighted by Crippen LogP contribution is 2.27. The van der Waals surface area contributed by atoms with Gasteiger partial charge in [-0.15, -0.1) is 0 Å². The normalized spacial score (nSPS) is 28.0. The van der Waals surface area contributed by atoms with Gasteiger partial charge in [0.1, 0.15) is 5.82 Å². The molecule has 2 N–H and O–H groups in total. The van der Waals surface area contributed by atoms with Gasteiger partial charge in [-0.05, 0) is 52.0 Å². The molecule has 4 nitrogen and oxygen atoms in total. The Labute approximate surface area is 116 Å². The average Bonchev–Trinajstić information content (AvgIpc) is 2.98. The molecular weight excluding hydrogens is 236 g/mol. The molecule has 4 heteroatoms. The molecule has 0 amide bonds. The van der Waals surface area contributed by atoms with E-state index in [1.165, 1.54) is 37.4 Å². The fraction of sp³-hybridized carbons (Fsp3) is 0.800. The van der Waals surface area contributed by atoms with Crippen LogP contribution in [0.15, 0.2) is 6.20 Å². The molecule has 106 valence electrons. The van der Waals surface area contributed by atoms with Crippen molar-refractivity contribution in [2.45, 2.75) is 58.2 Å². The minimum Gasteiger partial charge on any atom is -0.316 e. The zero-order valence-electron chi connectivity index (χ0n) is 12.2. The number of nitrogens with two attached hydrogens (primary N) is 1. The summed E-state index contributed by atoms with van der Waals surface area (Å²) >= 11 is 0. The molecule has 0 radical (unpaired) electrons. The van der Waals surface area contributed by atoms with Crippen LogP contribution in [0.2, 0.25) is 0 Å². The van der Waals surface area contributed by atoms with Crippen LogP contribution in [0.1, 0.15) is 50.8 Å². The molecule has 2 atom stereocenters. The summed E-state index contributed by atoms with van der Waals surface area (Å²) in [5.74, 6) is 1.97. The van der Waals surface area contributed by atoms with E-state index in [0.29, 0.717) is 6.04 Å². The first-order valence-corrected chi connectivity index (χ1v) is 7.69. The second-order valence-electron chi connectivity index (χ2n) is 6.44. The van der Waals surface area contributed by atoms with Gasteiger partial charge >= 0.3 is 0 Å². The number of nitrogens with zero attached hydrogens (tertiary/aromatic N) is 3. The van der Waals surface area contributed by atoms with E-state index >= 15 is 0 Å². The number of rotatable bonds is 3. The number of hydrogen-bond acceptors (Lipinski definition) is 3. The summed E-state index contributed by atoms with van der Waals surface area (Å²) in [6, 6.07) is 0.668. The van der Waals surface area contributed by atoms with Crippen molar-refractivity contribution in [3.63, 3.8) is 0 Å². The Morgan fingerprint density at radius 3 is 3.00 bits per heavy atom. The van der Waals surface area contributed by atoms with Crippen molar-refractivity contribution >= 4 is 0 Å². The molecule has 1 aromatic heterocycles. The van der Waals surface area contributed by atoms with Crippen LogP contribution < -0.4 is 5.73 Å². The molecule has 2 aliphatic rings. The molecule has 19 heavy (non-hydrogen) atoms. The zero-order chi connectivity index (χ0) is 13.4. The lowest BCUT2D eigenvalue weighted by atomic mass is 10.0. The van der Waals surface area contributed by atoms with E-state index in [-0.39, 0.29) is 6.17 Å². The van der Waals surface area contributed by atoms with Crippen LogP contribution in [0.5, 0.6) is 0 Å². The van der Waals surface area contributed by atoms with Crippen molar-refractivity contribution in [1.82, 2.24) is 14.5 Å². The standard InChI is InChI=1S/C15H26N4/c1-11(2)18-7-6-12(10-18)8-15-17-9-13-4-3-5-14(16)19(13)15/h9,11-12,14H,3-8,10,16H2,1-2H3. The molecule has 0 spiro atoms. The summed E-state index contributed by atoms with van der Waals surface area (Å²) in [5, 5.41) is 0. The first-order valence-electron chi connectivity index (χ1n) is 7.69. The van der Waals surface area contributed by atoms with Crippen molar-refractivity contribution in [2.24, 2.45) is 11.7 Å². The van der Waals surface area contributed by atoms with Crippen molar-refractivity contribution in [3.05, 3.63) is 17.7 Å². The monoisotopic (exact) mass is 262 g/mol. The quantitative estimate of drug-likeness (QED) is 0.905. The summed E-state index contributed by atoms with van der Waals surface area (Å²) in [6.45, 7) is 7.03. The Kier molecular flexibility index (Phi) is 3.63. The lowest BCUT2D eigenvalue weighted by molar-refractivity contribution is 0.263. The first-order chi connectivity index (χ1) is 9.15. The van der Waals surface area contributed by atoms with E-state index in [1.54, 1.807) is 0 Å². The Bertz CT molecular complexity index is 437. The Balaban J connectivity index is 1.70. The molecule has 0 bridgehead atoms. The van der Waals surface area contributed by atoms with E-state index in [1.807, 2.05) is 6.20 Å². The molecule has 2 aliphatic heterocycles. The highest BCUT2D eigenvalue weighted by atomic mass is 15.2. The van der Waals surface area contributed by atoms with Gasteiger partial charge in [0.15, 0.2) is 0 Å². The van der Waals surface area contributed by atoms with Gasteiger partial charge in [-0.25, -0.2) is 4.98 Å². The fourth-order valence-electron chi connectivity index (χ4n) is 3.56. The van der Waals surface area contributed by atoms with Gasteiger partial charge in [-0.1, -0.05) is 0 Å². The third-order valence-corrected chi connectivity index (χ3v) is 4.73. The topological polar surface area (TPSA) is 47.1 Å². The zero-order valence-corrected chi connectivity index (χ0v) is 12.2. The molecular formula is C15H26N4. The third kappa shape index (κ3) is 2.56. The van der Waals surface area contributed by atoms with E-state index < -0.39 is 0 Å². The Morgan fingerprint density at radius 1 is 1.42 bits per heavy atom. The van der Waals surface area contributed by atoms with Gasteiger partial charge in [0.2, 0.25) is 0 Å². The summed E-state index contributed by atoms with van der Waals surface area (Å²) in [5.41, 5.74) is 7.59. The molecule has 0 aliphatic carbocycles. The number of likely N-dealkylation sites (tertiary alicyclic amines) is 1. The van der Waals surface area contributed by atoms with Gasteiger partial charge in [0.25, 0.3) is 0 Å². The maximum absolute atomic E-state index is 6.25.